The van der Waals surface area contributed by atoms with E-state index in [4.69, 9.17) is 5.73 Å². The van der Waals surface area contributed by atoms with E-state index in [1.165, 1.54) is 7.11 Å². The summed E-state index contributed by atoms with van der Waals surface area (Å²) in [7, 11) is 1.32. The zero-order chi connectivity index (χ0) is 13.1. The maximum Gasteiger partial charge on any atom is 0.376 e. The van der Waals surface area contributed by atoms with Crippen molar-refractivity contribution in [2.45, 2.75) is 31.8 Å². The van der Waals surface area contributed by atoms with Crippen LogP contribution in [0.25, 0.3) is 0 Å². The minimum absolute atomic E-state index is 0.0945. The van der Waals surface area contributed by atoms with E-state index in [0.29, 0.717) is 6.04 Å². The lowest BCUT2D eigenvalue weighted by atomic mass is 9.99. The molecule has 1 aromatic heterocycles. The number of nitrogens with zero attached hydrogens (tertiary/aromatic N) is 3. The lowest BCUT2D eigenvalue weighted by Gasteiger charge is -2.37. The van der Waals surface area contributed by atoms with Gasteiger partial charge in [-0.05, 0) is 25.8 Å². The van der Waals surface area contributed by atoms with Crippen LogP contribution in [0.4, 0.5) is 5.82 Å². The predicted octanol–water partition coefficient (Wildman–Crippen LogP) is 0.579. The van der Waals surface area contributed by atoms with Crippen molar-refractivity contribution >= 4 is 11.8 Å². The van der Waals surface area contributed by atoms with E-state index in [1.807, 2.05) is 0 Å². The van der Waals surface area contributed by atoms with Crippen LogP contribution in [0.1, 0.15) is 30.4 Å². The Kier molecular flexibility index (Phi) is 3.76. The molecule has 1 saturated heterocycles. The van der Waals surface area contributed by atoms with Crippen LogP contribution >= 0.6 is 0 Å². The molecular formula is C12H18N4O2. The highest BCUT2D eigenvalue weighted by Crippen LogP contribution is 2.22. The molecule has 0 radical (unpaired) electrons. The summed E-state index contributed by atoms with van der Waals surface area (Å²) in [5.74, 6) is 0.333. The van der Waals surface area contributed by atoms with E-state index in [2.05, 4.69) is 26.5 Å². The van der Waals surface area contributed by atoms with Crippen LogP contribution in [0.2, 0.25) is 0 Å². The van der Waals surface area contributed by atoms with E-state index in [1.54, 1.807) is 12.3 Å². The van der Waals surface area contributed by atoms with Crippen molar-refractivity contribution in [2.24, 2.45) is 5.73 Å². The smallest absolute Gasteiger partial charge is 0.376 e. The summed E-state index contributed by atoms with van der Waals surface area (Å²) < 4.78 is 4.62. The van der Waals surface area contributed by atoms with Gasteiger partial charge in [0.1, 0.15) is 5.82 Å². The summed E-state index contributed by atoms with van der Waals surface area (Å²) in [6.07, 6.45) is 3.44. The van der Waals surface area contributed by atoms with Gasteiger partial charge in [-0.1, -0.05) is 0 Å². The molecule has 1 aromatic rings. The molecule has 0 bridgehead atoms. The summed E-state index contributed by atoms with van der Waals surface area (Å²) in [5.41, 5.74) is 5.93. The molecule has 1 fully saturated rings. The number of esters is 1. The van der Waals surface area contributed by atoms with Gasteiger partial charge in [0.15, 0.2) is 0 Å². The fourth-order valence-electron chi connectivity index (χ4n) is 2.25. The van der Waals surface area contributed by atoms with Gasteiger partial charge in [0.2, 0.25) is 5.82 Å². The molecule has 1 aliphatic heterocycles. The number of methoxy groups -OCH3 is 1. The number of nitrogens with two attached hydrogens (primary N) is 1. The summed E-state index contributed by atoms with van der Waals surface area (Å²) in [4.78, 5) is 21.7. The molecule has 0 saturated carbocycles. The quantitative estimate of drug-likeness (QED) is 0.773. The summed E-state index contributed by atoms with van der Waals surface area (Å²) in [6, 6.07) is 2.37. The Morgan fingerprint density at radius 1 is 1.61 bits per heavy atom. The van der Waals surface area contributed by atoms with Crippen LogP contribution in [0.5, 0.6) is 0 Å². The van der Waals surface area contributed by atoms with Crippen molar-refractivity contribution in [1.29, 1.82) is 0 Å². The molecule has 2 N–H and O–H groups in total. The van der Waals surface area contributed by atoms with E-state index in [0.717, 1.165) is 25.2 Å². The number of carbonyl (C=O) groups is 1. The molecule has 2 atom stereocenters. The topological polar surface area (TPSA) is 81.3 Å². The van der Waals surface area contributed by atoms with Gasteiger partial charge in [-0.15, -0.1) is 0 Å². The number of aromatic nitrogens is 2. The molecule has 98 valence electrons. The van der Waals surface area contributed by atoms with E-state index in [-0.39, 0.29) is 11.9 Å². The van der Waals surface area contributed by atoms with Crippen LogP contribution in [-0.4, -0.2) is 41.7 Å². The van der Waals surface area contributed by atoms with E-state index in [9.17, 15) is 4.79 Å². The molecule has 0 amide bonds. The zero-order valence-electron chi connectivity index (χ0n) is 10.7. The van der Waals surface area contributed by atoms with Crippen molar-refractivity contribution in [3.05, 3.63) is 18.1 Å². The summed E-state index contributed by atoms with van der Waals surface area (Å²) in [6.45, 7) is 2.96. The third kappa shape index (κ3) is 2.59. The highest BCUT2D eigenvalue weighted by Gasteiger charge is 2.25. The standard InChI is InChI=1S/C12H18N4O2/c1-8-7-9(13)4-6-16(8)10-3-5-14-11(15-10)12(17)18-2/h3,5,8-9H,4,6-7,13H2,1-2H3. The van der Waals surface area contributed by atoms with Gasteiger partial charge in [-0.25, -0.2) is 14.8 Å². The molecule has 18 heavy (non-hydrogen) atoms. The third-order valence-electron chi connectivity index (χ3n) is 3.22. The summed E-state index contributed by atoms with van der Waals surface area (Å²) in [5, 5.41) is 0. The van der Waals surface area contributed by atoms with Gasteiger partial charge in [0.05, 0.1) is 7.11 Å². The molecular weight excluding hydrogens is 232 g/mol. The van der Waals surface area contributed by atoms with Gasteiger partial charge in [-0.2, -0.15) is 0 Å². The van der Waals surface area contributed by atoms with Gasteiger partial charge >= 0.3 is 5.97 Å². The Morgan fingerprint density at radius 3 is 3.06 bits per heavy atom. The summed E-state index contributed by atoms with van der Waals surface area (Å²) >= 11 is 0. The van der Waals surface area contributed by atoms with Gasteiger partial charge in [0, 0.05) is 24.8 Å². The second kappa shape index (κ2) is 5.30. The zero-order valence-corrected chi connectivity index (χ0v) is 10.7. The van der Waals surface area contributed by atoms with Crippen LogP contribution < -0.4 is 10.6 Å². The number of hydrogen-bond acceptors (Lipinski definition) is 6. The maximum absolute atomic E-state index is 11.4. The van der Waals surface area contributed by atoms with Crippen LogP contribution in [0, 0.1) is 0 Å². The van der Waals surface area contributed by atoms with Gasteiger partial charge in [-0.3, -0.25) is 0 Å². The van der Waals surface area contributed by atoms with Crippen LogP contribution in [0.15, 0.2) is 12.3 Å². The molecule has 1 aliphatic rings. The molecule has 6 heteroatoms. The first kappa shape index (κ1) is 12.8. The minimum Gasteiger partial charge on any atom is -0.463 e. The first-order valence-corrected chi connectivity index (χ1v) is 6.05. The van der Waals surface area contributed by atoms with E-state index < -0.39 is 5.97 Å². The number of rotatable bonds is 2. The molecule has 0 spiro atoms. The number of carbonyl (C=O) groups excluding carboxylic acids is 1. The van der Waals surface area contributed by atoms with Crippen LogP contribution in [0.3, 0.4) is 0 Å². The average molecular weight is 250 g/mol. The van der Waals surface area contributed by atoms with Crippen LogP contribution in [-0.2, 0) is 4.74 Å². The van der Waals surface area contributed by atoms with Crippen molar-refractivity contribution in [1.82, 2.24) is 9.97 Å². The van der Waals surface area contributed by atoms with Crippen molar-refractivity contribution < 1.29 is 9.53 Å². The largest absolute Gasteiger partial charge is 0.463 e. The second-order valence-corrected chi connectivity index (χ2v) is 4.56. The molecule has 6 nitrogen and oxygen atoms in total. The lowest BCUT2D eigenvalue weighted by Crippen LogP contribution is -2.46. The lowest BCUT2D eigenvalue weighted by molar-refractivity contribution is 0.0586. The number of hydrogen-bond donors (Lipinski definition) is 1. The Labute approximate surface area is 106 Å². The van der Waals surface area contributed by atoms with Crippen molar-refractivity contribution in [3.8, 4) is 0 Å². The molecule has 2 unspecified atom stereocenters. The first-order valence-electron chi connectivity index (χ1n) is 6.05. The highest BCUT2D eigenvalue weighted by atomic mass is 16.5. The number of ether oxygens (including phenoxy) is 1. The monoisotopic (exact) mass is 250 g/mol. The van der Waals surface area contributed by atoms with Gasteiger partial charge < -0.3 is 15.4 Å². The fourth-order valence-corrected chi connectivity index (χ4v) is 2.25. The fraction of sp³-hybridized carbons (Fsp3) is 0.583. The second-order valence-electron chi connectivity index (χ2n) is 4.56. The first-order chi connectivity index (χ1) is 8.61. The SMILES string of the molecule is COC(=O)c1nccc(N2CCC(N)CC2C)n1. The van der Waals surface area contributed by atoms with E-state index >= 15 is 0 Å². The number of anilines is 1. The molecule has 0 aromatic carbocycles. The molecule has 0 aliphatic carbocycles. The Morgan fingerprint density at radius 2 is 2.39 bits per heavy atom. The minimum atomic E-state index is -0.516. The molecule has 2 heterocycles. The number of piperidine rings is 1. The molecule has 2 rings (SSSR count). The Hall–Kier alpha value is -1.69. The highest BCUT2D eigenvalue weighted by molar-refractivity contribution is 5.85. The average Bonchev–Trinajstić information content (AvgIpc) is 2.38. The van der Waals surface area contributed by atoms with Crippen molar-refractivity contribution in [3.63, 3.8) is 0 Å². The third-order valence-corrected chi connectivity index (χ3v) is 3.22. The predicted molar refractivity (Wildman–Crippen MR) is 67.4 cm³/mol. The maximum atomic E-state index is 11.4. The van der Waals surface area contributed by atoms with Gasteiger partial charge in [0.25, 0.3) is 0 Å². The van der Waals surface area contributed by atoms with Crippen molar-refractivity contribution in [2.75, 3.05) is 18.6 Å². The Balaban J connectivity index is 2.20. The Bertz CT molecular complexity index is 438. The normalized spacial score (nSPS) is 23.8.